The van der Waals surface area contributed by atoms with E-state index < -0.39 is 0 Å². The van der Waals surface area contributed by atoms with Crippen molar-refractivity contribution < 1.29 is 0 Å². The van der Waals surface area contributed by atoms with E-state index in [0.29, 0.717) is 0 Å². The largest absolute Gasteiger partial charge is 0.361 e. The first kappa shape index (κ1) is 7.17. The first-order valence-corrected chi connectivity index (χ1v) is 4.07. The molecule has 0 atom stereocenters. The normalized spacial score (nSPS) is 10.3. The molecule has 2 aromatic rings. The van der Waals surface area contributed by atoms with Gasteiger partial charge >= 0.3 is 0 Å². The average molecular weight is 157 g/mol. The third-order valence-electron chi connectivity index (χ3n) is 2.04. The maximum Gasteiger partial charge on any atom is 0.0489 e. The zero-order chi connectivity index (χ0) is 8.39. The van der Waals surface area contributed by atoms with Crippen LogP contribution in [0.1, 0.15) is 5.56 Å². The molecule has 0 aliphatic carbocycles. The Labute approximate surface area is 71.7 Å². The second-order valence-corrected chi connectivity index (χ2v) is 2.85. The van der Waals surface area contributed by atoms with E-state index in [-0.39, 0.29) is 0 Å². The SMILES string of the molecule is C=CCc1cccc2cc[nH]c12. The molecule has 0 saturated carbocycles. The highest BCUT2D eigenvalue weighted by Crippen LogP contribution is 2.17. The molecule has 0 spiro atoms. The van der Waals surface area contributed by atoms with Crippen molar-refractivity contribution in [3.63, 3.8) is 0 Å². The fraction of sp³-hybridized carbons (Fsp3) is 0.0909. The Balaban J connectivity index is 2.65. The summed E-state index contributed by atoms with van der Waals surface area (Å²) < 4.78 is 0. The summed E-state index contributed by atoms with van der Waals surface area (Å²) in [7, 11) is 0. The molecule has 1 heterocycles. The van der Waals surface area contributed by atoms with Crippen molar-refractivity contribution in [2.24, 2.45) is 0 Å². The molecule has 1 heteroatoms. The van der Waals surface area contributed by atoms with E-state index in [1.807, 2.05) is 12.3 Å². The Morgan fingerprint density at radius 1 is 1.33 bits per heavy atom. The van der Waals surface area contributed by atoms with Crippen LogP contribution in [0.5, 0.6) is 0 Å². The van der Waals surface area contributed by atoms with E-state index in [2.05, 4.69) is 35.8 Å². The van der Waals surface area contributed by atoms with Crippen molar-refractivity contribution in [2.75, 3.05) is 0 Å². The van der Waals surface area contributed by atoms with E-state index in [4.69, 9.17) is 0 Å². The molecule has 0 aliphatic rings. The third-order valence-corrected chi connectivity index (χ3v) is 2.04. The van der Waals surface area contributed by atoms with Crippen LogP contribution in [0, 0.1) is 0 Å². The Kier molecular flexibility index (Phi) is 1.71. The fourth-order valence-corrected chi connectivity index (χ4v) is 1.48. The number of hydrogen-bond acceptors (Lipinski definition) is 0. The zero-order valence-corrected chi connectivity index (χ0v) is 6.88. The fourth-order valence-electron chi connectivity index (χ4n) is 1.48. The number of allylic oxidation sites excluding steroid dienone is 1. The quantitative estimate of drug-likeness (QED) is 0.645. The lowest BCUT2D eigenvalue weighted by molar-refractivity contribution is 1.28. The van der Waals surface area contributed by atoms with Gasteiger partial charge in [0.1, 0.15) is 0 Å². The van der Waals surface area contributed by atoms with Crippen molar-refractivity contribution in [1.29, 1.82) is 0 Å². The van der Waals surface area contributed by atoms with Crippen LogP contribution in [-0.4, -0.2) is 4.98 Å². The van der Waals surface area contributed by atoms with E-state index >= 15 is 0 Å². The van der Waals surface area contributed by atoms with Crippen LogP contribution in [0.25, 0.3) is 10.9 Å². The molecule has 0 aliphatic heterocycles. The second-order valence-electron chi connectivity index (χ2n) is 2.85. The summed E-state index contributed by atoms with van der Waals surface area (Å²) >= 11 is 0. The molecule has 1 aromatic carbocycles. The van der Waals surface area contributed by atoms with E-state index in [9.17, 15) is 0 Å². The minimum absolute atomic E-state index is 0.928. The van der Waals surface area contributed by atoms with E-state index in [1.54, 1.807) is 0 Å². The maximum atomic E-state index is 3.73. The molecule has 0 saturated heterocycles. The van der Waals surface area contributed by atoms with Gasteiger partial charge in [-0.05, 0) is 23.4 Å². The number of nitrogens with one attached hydrogen (secondary N) is 1. The molecule has 0 unspecified atom stereocenters. The second kappa shape index (κ2) is 2.86. The predicted molar refractivity (Wildman–Crippen MR) is 52.2 cm³/mol. The Morgan fingerprint density at radius 2 is 2.25 bits per heavy atom. The van der Waals surface area contributed by atoms with Gasteiger partial charge in [-0.2, -0.15) is 0 Å². The maximum absolute atomic E-state index is 3.73. The van der Waals surface area contributed by atoms with Gasteiger partial charge in [0.15, 0.2) is 0 Å². The summed E-state index contributed by atoms with van der Waals surface area (Å²) in [5.74, 6) is 0. The van der Waals surface area contributed by atoms with Crippen molar-refractivity contribution in [1.82, 2.24) is 4.98 Å². The third kappa shape index (κ3) is 1.03. The topological polar surface area (TPSA) is 15.8 Å². The van der Waals surface area contributed by atoms with Crippen LogP contribution < -0.4 is 0 Å². The van der Waals surface area contributed by atoms with Crippen molar-refractivity contribution in [2.45, 2.75) is 6.42 Å². The molecule has 2 rings (SSSR count). The number of rotatable bonds is 2. The highest BCUT2D eigenvalue weighted by atomic mass is 14.7. The molecular weight excluding hydrogens is 146 g/mol. The number of H-pyrrole nitrogens is 1. The highest BCUT2D eigenvalue weighted by molar-refractivity contribution is 5.82. The highest BCUT2D eigenvalue weighted by Gasteiger charge is 1.97. The minimum atomic E-state index is 0.928. The van der Waals surface area contributed by atoms with Crippen LogP contribution in [0.15, 0.2) is 43.1 Å². The molecule has 0 bridgehead atoms. The molecule has 0 amide bonds. The zero-order valence-electron chi connectivity index (χ0n) is 6.88. The van der Waals surface area contributed by atoms with Gasteiger partial charge in [0.05, 0.1) is 0 Å². The van der Waals surface area contributed by atoms with Crippen LogP contribution in [0.3, 0.4) is 0 Å². The number of fused-ring (bicyclic) bond motifs is 1. The molecule has 1 nitrogen and oxygen atoms in total. The number of aromatic nitrogens is 1. The van der Waals surface area contributed by atoms with E-state index in [1.165, 1.54) is 16.5 Å². The molecule has 0 radical (unpaired) electrons. The summed E-state index contributed by atoms with van der Waals surface area (Å²) in [6, 6.07) is 8.40. The lowest BCUT2D eigenvalue weighted by atomic mass is 10.1. The summed E-state index contributed by atoms with van der Waals surface area (Å²) in [5.41, 5.74) is 2.55. The summed E-state index contributed by atoms with van der Waals surface area (Å²) in [5, 5.41) is 1.27. The Hall–Kier alpha value is -1.50. The molecule has 0 fully saturated rings. The van der Waals surface area contributed by atoms with Crippen LogP contribution in [0.2, 0.25) is 0 Å². The summed E-state index contributed by atoms with van der Waals surface area (Å²) in [4.78, 5) is 3.23. The van der Waals surface area contributed by atoms with Crippen LogP contribution >= 0.6 is 0 Å². The number of hydrogen-bond donors (Lipinski definition) is 1. The van der Waals surface area contributed by atoms with Crippen LogP contribution in [-0.2, 0) is 6.42 Å². The van der Waals surface area contributed by atoms with Gasteiger partial charge in [0.25, 0.3) is 0 Å². The molecule has 12 heavy (non-hydrogen) atoms. The van der Waals surface area contributed by atoms with Gasteiger partial charge in [0.2, 0.25) is 0 Å². The first-order chi connectivity index (χ1) is 5.92. The summed E-state index contributed by atoms with van der Waals surface area (Å²) in [6.45, 7) is 3.73. The van der Waals surface area contributed by atoms with Gasteiger partial charge < -0.3 is 4.98 Å². The summed E-state index contributed by atoms with van der Waals surface area (Å²) in [6.07, 6.45) is 4.82. The van der Waals surface area contributed by atoms with Crippen molar-refractivity contribution in [3.05, 3.63) is 48.7 Å². The van der Waals surface area contributed by atoms with E-state index in [0.717, 1.165) is 6.42 Å². The number of aromatic amines is 1. The van der Waals surface area contributed by atoms with Gasteiger partial charge in [0, 0.05) is 11.7 Å². The Bertz CT molecular complexity index is 398. The molecule has 1 aromatic heterocycles. The van der Waals surface area contributed by atoms with Crippen molar-refractivity contribution >= 4 is 10.9 Å². The molecule has 60 valence electrons. The average Bonchev–Trinajstić information content (AvgIpc) is 2.53. The Morgan fingerprint density at radius 3 is 3.08 bits per heavy atom. The molecule has 1 N–H and O–H groups in total. The van der Waals surface area contributed by atoms with Crippen LogP contribution in [0.4, 0.5) is 0 Å². The first-order valence-electron chi connectivity index (χ1n) is 4.07. The monoisotopic (exact) mass is 157 g/mol. The smallest absolute Gasteiger partial charge is 0.0489 e. The number of benzene rings is 1. The predicted octanol–water partition coefficient (Wildman–Crippen LogP) is 2.90. The van der Waals surface area contributed by atoms with Gasteiger partial charge in [-0.25, -0.2) is 0 Å². The minimum Gasteiger partial charge on any atom is -0.361 e. The lowest BCUT2D eigenvalue weighted by Gasteiger charge is -1.97. The van der Waals surface area contributed by atoms with Crippen molar-refractivity contribution in [3.8, 4) is 0 Å². The number of para-hydroxylation sites is 1. The molecular formula is C11H11N. The lowest BCUT2D eigenvalue weighted by Crippen LogP contribution is -1.81. The van der Waals surface area contributed by atoms with Gasteiger partial charge in [-0.15, -0.1) is 6.58 Å². The standard InChI is InChI=1S/C11H11N/c1-2-4-9-5-3-6-10-7-8-12-11(9)10/h2-3,5-8,12H,1,4H2. The van der Waals surface area contributed by atoms with Gasteiger partial charge in [-0.3, -0.25) is 0 Å². The van der Waals surface area contributed by atoms with Gasteiger partial charge in [-0.1, -0.05) is 24.3 Å².